The summed E-state index contributed by atoms with van der Waals surface area (Å²) in [7, 11) is 0. The molecule has 156 valence electrons. The molecule has 2 N–H and O–H groups in total. The molecule has 2 fully saturated rings. The Morgan fingerprint density at radius 3 is 2.60 bits per heavy atom. The Bertz CT molecular complexity index is 1070. The summed E-state index contributed by atoms with van der Waals surface area (Å²) in [6.45, 7) is 3.43. The molecule has 3 heterocycles. The number of nitrogens with zero attached hydrogens (tertiary/aromatic N) is 2. The molecule has 0 spiro atoms. The van der Waals surface area contributed by atoms with Crippen LogP contribution in [0.4, 0.5) is 0 Å². The molecule has 2 aromatic heterocycles. The van der Waals surface area contributed by atoms with Gasteiger partial charge in [-0.2, -0.15) is 0 Å². The Morgan fingerprint density at radius 2 is 1.87 bits per heavy atom. The molecular weight excluding hydrogens is 380 g/mol. The fourth-order valence-electron chi connectivity index (χ4n) is 4.44. The molecule has 0 bridgehead atoms. The van der Waals surface area contributed by atoms with Gasteiger partial charge in [0, 0.05) is 54.8 Å². The van der Waals surface area contributed by atoms with Crippen LogP contribution in [0, 0.1) is 6.92 Å². The lowest BCUT2D eigenvalue weighted by Gasteiger charge is -2.32. The van der Waals surface area contributed by atoms with Gasteiger partial charge in [0.25, 0.3) is 0 Å². The van der Waals surface area contributed by atoms with Crippen LogP contribution >= 0.6 is 0 Å². The first kappa shape index (κ1) is 19.3. The summed E-state index contributed by atoms with van der Waals surface area (Å²) in [5.74, 6) is 0.988. The van der Waals surface area contributed by atoms with Gasteiger partial charge in [0.1, 0.15) is 11.9 Å². The summed E-state index contributed by atoms with van der Waals surface area (Å²) in [5, 5.41) is 21.6. The average molecular weight is 406 g/mol. The molecule has 30 heavy (non-hydrogen) atoms. The number of rotatable bonds is 4. The molecule has 5 rings (SSSR count). The molecule has 0 radical (unpaired) electrons. The molecule has 3 aromatic rings. The molecule has 6 heteroatoms. The van der Waals surface area contributed by atoms with Crippen molar-refractivity contribution in [1.82, 2.24) is 9.97 Å². The van der Waals surface area contributed by atoms with Crippen LogP contribution in [-0.4, -0.2) is 45.6 Å². The second-order valence-corrected chi connectivity index (χ2v) is 8.34. The smallest absolute Gasteiger partial charge is 0.222 e. The van der Waals surface area contributed by atoms with E-state index in [9.17, 15) is 10.2 Å². The number of pyridine rings is 2. The third kappa shape index (κ3) is 3.61. The second-order valence-electron chi connectivity index (χ2n) is 8.34. The molecule has 0 amide bonds. The molecular formula is C24H26N2O4. The third-order valence-corrected chi connectivity index (χ3v) is 6.12. The molecule has 1 saturated heterocycles. The van der Waals surface area contributed by atoms with Crippen LogP contribution in [0.1, 0.15) is 43.0 Å². The highest BCUT2D eigenvalue weighted by atomic mass is 16.5. The predicted molar refractivity (Wildman–Crippen MR) is 114 cm³/mol. The zero-order valence-electron chi connectivity index (χ0n) is 17.0. The van der Waals surface area contributed by atoms with E-state index in [2.05, 4.69) is 11.1 Å². The van der Waals surface area contributed by atoms with Crippen molar-refractivity contribution in [2.45, 2.75) is 50.7 Å². The van der Waals surface area contributed by atoms with Crippen molar-refractivity contribution >= 4 is 10.8 Å². The number of phenolic OH excluding ortho intramolecular Hbond substituents is 1. The number of ether oxygens (including phenoxy) is 2. The third-order valence-electron chi connectivity index (χ3n) is 6.12. The largest absolute Gasteiger partial charge is 0.508 e. The van der Waals surface area contributed by atoms with E-state index in [0.29, 0.717) is 18.7 Å². The Hall–Kier alpha value is -2.70. The first-order valence-corrected chi connectivity index (χ1v) is 10.6. The number of aliphatic hydroxyl groups is 1. The number of benzene rings is 1. The van der Waals surface area contributed by atoms with E-state index in [4.69, 9.17) is 14.5 Å². The SMILES string of the molecule is Cc1cc(-c2c(C3CCOCC3)nc(O[C@H]3C[C@H](O)C3)c3cc(O)ccc23)ccn1. The molecule has 6 nitrogen and oxygen atoms in total. The van der Waals surface area contributed by atoms with Crippen molar-refractivity contribution in [1.29, 1.82) is 0 Å². The van der Waals surface area contributed by atoms with Crippen molar-refractivity contribution in [3.8, 4) is 22.8 Å². The zero-order chi connectivity index (χ0) is 20.7. The first-order valence-electron chi connectivity index (χ1n) is 10.6. The quantitative estimate of drug-likeness (QED) is 0.678. The minimum Gasteiger partial charge on any atom is -0.508 e. The topological polar surface area (TPSA) is 84.7 Å². The van der Waals surface area contributed by atoms with Gasteiger partial charge in [-0.1, -0.05) is 0 Å². The van der Waals surface area contributed by atoms with Gasteiger partial charge in [-0.3, -0.25) is 4.98 Å². The lowest BCUT2D eigenvalue weighted by atomic mass is 9.87. The van der Waals surface area contributed by atoms with Crippen molar-refractivity contribution in [2.24, 2.45) is 0 Å². The number of hydrogen-bond donors (Lipinski definition) is 2. The highest BCUT2D eigenvalue weighted by molar-refractivity contribution is 6.01. The number of fused-ring (bicyclic) bond motifs is 1. The normalized spacial score (nSPS) is 22.1. The lowest BCUT2D eigenvalue weighted by molar-refractivity contribution is -0.0122. The predicted octanol–water partition coefficient (Wildman–Crippen LogP) is 4.11. The van der Waals surface area contributed by atoms with E-state index < -0.39 is 0 Å². The van der Waals surface area contributed by atoms with Crippen molar-refractivity contribution in [3.05, 3.63) is 47.9 Å². The maximum absolute atomic E-state index is 10.2. The second kappa shape index (κ2) is 7.85. The van der Waals surface area contributed by atoms with Crippen LogP contribution in [0.2, 0.25) is 0 Å². The Balaban J connectivity index is 1.72. The van der Waals surface area contributed by atoms with Crippen LogP contribution in [0.25, 0.3) is 21.9 Å². The molecule has 1 aromatic carbocycles. The summed E-state index contributed by atoms with van der Waals surface area (Å²) in [4.78, 5) is 9.38. The van der Waals surface area contributed by atoms with Crippen LogP contribution in [0.15, 0.2) is 36.5 Å². The molecule has 0 unspecified atom stereocenters. The fraction of sp³-hybridized carbons (Fsp3) is 0.417. The van der Waals surface area contributed by atoms with Crippen molar-refractivity contribution < 1.29 is 19.7 Å². The van der Waals surface area contributed by atoms with E-state index in [-0.39, 0.29) is 23.9 Å². The number of hydrogen-bond acceptors (Lipinski definition) is 6. The van der Waals surface area contributed by atoms with Crippen LogP contribution in [-0.2, 0) is 4.74 Å². The van der Waals surface area contributed by atoms with Gasteiger partial charge in [0.2, 0.25) is 5.88 Å². The monoisotopic (exact) mass is 406 g/mol. The van der Waals surface area contributed by atoms with E-state index in [1.54, 1.807) is 12.1 Å². The molecule has 1 aliphatic heterocycles. The fourth-order valence-corrected chi connectivity index (χ4v) is 4.44. The summed E-state index contributed by atoms with van der Waals surface area (Å²) < 4.78 is 11.8. The standard InChI is InChI=1S/C24H26N2O4/c1-14-10-16(4-7-25-14)22-20-3-2-17(27)13-21(20)24(30-19-11-18(28)12-19)26-23(22)15-5-8-29-9-6-15/h2-4,7,10,13,15,18-19,27-28H,5-6,8-9,11-12H2,1H3/t18-,19-. The molecule has 1 aliphatic carbocycles. The number of aliphatic hydroxyl groups excluding tert-OH is 1. The highest BCUT2D eigenvalue weighted by Crippen LogP contribution is 2.43. The maximum Gasteiger partial charge on any atom is 0.222 e. The van der Waals surface area contributed by atoms with Crippen LogP contribution in [0.3, 0.4) is 0 Å². The number of aromatic nitrogens is 2. The number of aryl methyl sites for hydroxylation is 1. The summed E-state index contributed by atoms with van der Waals surface area (Å²) in [6.07, 6.45) is 4.52. The van der Waals surface area contributed by atoms with Crippen LogP contribution in [0.5, 0.6) is 11.6 Å². The Labute approximate surface area is 175 Å². The van der Waals surface area contributed by atoms with Gasteiger partial charge in [-0.25, -0.2) is 4.98 Å². The highest BCUT2D eigenvalue weighted by Gasteiger charge is 2.31. The molecule has 2 aliphatic rings. The maximum atomic E-state index is 10.2. The minimum atomic E-state index is -0.302. The summed E-state index contributed by atoms with van der Waals surface area (Å²) in [5.41, 5.74) is 4.10. The Kier molecular flexibility index (Phi) is 5.05. The minimum absolute atomic E-state index is 0.0467. The van der Waals surface area contributed by atoms with E-state index >= 15 is 0 Å². The van der Waals surface area contributed by atoms with Gasteiger partial charge in [-0.15, -0.1) is 0 Å². The number of aromatic hydroxyl groups is 1. The van der Waals surface area contributed by atoms with Gasteiger partial charge in [-0.05, 0) is 61.0 Å². The molecule has 1 saturated carbocycles. The van der Waals surface area contributed by atoms with E-state index in [1.807, 2.05) is 25.3 Å². The summed E-state index contributed by atoms with van der Waals surface area (Å²) >= 11 is 0. The molecule has 0 atom stereocenters. The van der Waals surface area contributed by atoms with Gasteiger partial charge in [0.05, 0.1) is 11.8 Å². The van der Waals surface area contributed by atoms with Crippen LogP contribution < -0.4 is 4.74 Å². The summed E-state index contributed by atoms with van der Waals surface area (Å²) in [6, 6.07) is 9.47. The number of phenols is 1. The van der Waals surface area contributed by atoms with Gasteiger partial charge >= 0.3 is 0 Å². The first-order chi connectivity index (χ1) is 14.6. The van der Waals surface area contributed by atoms with Gasteiger partial charge in [0.15, 0.2) is 0 Å². The average Bonchev–Trinajstić information content (AvgIpc) is 2.73. The zero-order valence-corrected chi connectivity index (χ0v) is 17.0. The lowest BCUT2D eigenvalue weighted by Crippen LogP contribution is -2.37. The van der Waals surface area contributed by atoms with E-state index in [0.717, 1.165) is 59.3 Å². The van der Waals surface area contributed by atoms with Gasteiger partial charge < -0.3 is 19.7 Å². The van der Waals surface area contributed by atoms with Crippen molar-refractivity contribution in [3.63, 3.8) is 0 Å². The van der Waals surface area contributed by atoms with Crippen molar-refractivity contribution in [2.75, 3.05) is 13.2 Å². The Morgan fingerprint density at radius 1 is 1.07 bits per heavy atom. The van der Waals surface area contributed by atoms with E-state index in [1.165, 1.54) is 0 Å².